The van der Waals surface area contributed by atoms with E-state index in [1.807, 2.05) is 32.0 Å². The topological polar surface area (TPSA) is 92.8 Å². The summed E-state index contributed by atoms with van der Waals surface area (Å²) in [6.07, 6.45) is 2.76. The van der Waals surface area contributed by atoms with E-state index in [0.29, 0.717) is 18.8 Å². The van der Waals surface area contributed by atoms with Gasteiger partial charge in [0.25, 0.3) is 5.91 Å². The Morgan fingerprint density at radius 2 is 1.50 bits per heavy atom. The number of hydrogen-bond acceptors (Lipinski definition) is 5. The van der Waals surface area contributed by atoms with Crippen LogP contribution in [-0.4, -0.2) is 43.8 Å². The van der Waals surface area contributed by atoms with Crippen molar-refractivity contribution >= 4 is 27.6 Å². The Balaban J connectivity index is 1.64. The molecule has 2 aromatic carbocycles. The van der Waals surface area contributed by atoms with Crippen molar-refractivity contribution in [3.63, 3.8) is 0 Å². The van der Waals surface area contributed by atoms with Crippen LogP contribution < -0.4 is 5.32 Å². The first-order chi connectivity index (χ1) is 15.2. The van der Waals surface area contributed by atoms with Gasteiger partial charge in [-0.1, -0.05) is 31.0 Å². The molecule has 7 nitrogen and oxygen atoms in total. The molecule has 0 bridgehead atoms. The van der Waals surface area contributed by atoms with Gasteiger partial charge < -0.3 is 10.1 Å². The molecular weight excluding hydrogens is 428 g/mol. The highest BCUT2D eigenvalue weighted by molar-refractivity contribution is 7.89. The predicted octanol–water partition coefficient (Wildman–Crippen LogP) is 4.05. The maximum atomic E-state index is 12.9. The molecule has 3 rings (SSSR count). The van der Waals surface area contributed by atoms with E-state index in [1.165, 1.54) is 35.5 Å². The van der Waals surface area contributed by atoms with Crippen LogP contribution in [0.15, 0.2) is 47.4 Å². The van der Waals surface area contributed by atoms with Crippen molar-refractivity contribution in [1.82, 2.24) is 4.31 Å². The molecule has 1 aliphatic heterocycles. The molecule has 1 fully saturated rings. The molecule has 0 spiro atoms. The van der Waals surface area contributed by atoms with Gasteiger partial charge in [0.1, 0.15) is 0 Å². The number of rotatable bonds is 6. The highest BCUT2D eigenvalue weighted by Gasteiger charge is 2.26. The number of anilines is 1. The van der Waals surface area contributed by atoms with E-state index in [1.54, 1.807) is 0 Å². The lowest BCUT2D eigenvalue weighted by Crippen LogP contribution is -2.32. The summed E-state index contributed by atoms with van der Waals surface area (Å²) >= 11 is 0. The summed E-state index contributed by atoms with van der Waals surface area (Å²) in [6.45, 7) is 6.30. The van der Waals surface area contributed by atoms with Gasteiger partial charge in [-0.3, -0.25) is 4.79 Å². The number of aryl methyl sites for hydroxylation is 2. The third kappa shape index (κ3) is 5.55. The number of hydrogen-bond donors (Lipinski definition) is 1. The minimum atomic E-state index is -3.59. The molecule has 32 heavy (non-hydrogen) atoms. The zero-order valence-corrected chi connectivity index (χ0v) is 19.6. The lowest BCUT2D eigenvalue weighted by molar-refractivity contribution is -0.123. The van der Waals surface area contributed by atoms with Crippen LogP contribution in [0.25, 0.3) is 0 Å². The summed E-state index contributed by atoms with van der Waals surface area (Å²) < 4.78 is 32.6. The van der Waals surface area contributed by atoms with E-state index >= 15 is 0 Å². The maximum Gasteiger partial charge on any atom is 0.338 e. The minimum absolute atomic E-state index is 0.150. The van der Waals surface area contributed by atoms with Crippen LogP contribution in [0.1, 0.15) is 54.1 Å². The highest BCUT2D eigenvalue weighted by Crippen LogP contribution is 2.22. The fourth-order valence-electron chi connectivity index (χ4n) is 3.71. The Kier molecular flexibility index (Phi) is 7.69. The summed E-state index contributed by atoms with van der Waals surface area (Å²) in [6, 6.07) is 11.4. The Bertz CT molecular complexity index is 1050. The smallest absolute Gasteiger partial charge is 0.338 e. The van der Waals surface area contributed by atoms with E-state index in [2.05, 4.69) is 5.32 Å². The monoisotopic (exact) mass is 458 g/mol. The summed E-state index contributed by atoms with van der Waals surface area (Å²) in [5.41, 5.74) is 2.71. The maximum absolute atomic E-state index is 12.9. The third-order valence-corrected chi connectivity index (χ3v) is 7.59. The van der Waals surface area contributed by atoms with Crippen molar-refractivity contribution in [1.29, 1.82) is 0 Å². The largest absolute Gasteiger partial charge is 0.449 e. The Hall–Kier alpha value is -2.71. The van der Waals surface area contributed by atoms with Gasteiger partial charge in [-0.05, 0) is 69.0 Å². The Morgan fingerprint density at radius 3 is 2.06 bits per heavy atom. The first-order valence-corrected chi connectivity index (χ1v) is 12.3. The van der Waals surface area contributed by atoms with Gasteiger partial charge >= 0.3 is 5.97 Å². The van der Waals surface area contributed by atoms with Gasteiger partial charge in [-0.25, -0.2) is 13.2 Å². The number of benzene rings is 2. The summed E-state index contributed by atoms with van der Waals surface area (Å²) in [5, 5.41) is 2.80. The summed E-state index contributed by atoms with van der Waals surface area (Å²) in [4.78, 5) is 25.1. The quantitative estimate of drug-likeness (QED) is 0.659. The van der Waals surface area contributed by atoms with Crippen LogP contribution in [0, 0.1) is 13.8 Å². The van der Waals surface area contributed by atoms with Gasteiger partial charge in [0.15, 0.2) is 6.10 Å². The standard InChI is InChI=1S/C24H30N2O5S/c1-17-9-8-10-18(2)22(17)25-23(27)19(3)31-24(28)20-11-13-21(14-12-20)32(29,30)26-15-6-4-5-7-16-26/h8-14,19H,4-7,15-16H2,1-3H3,(H,25,27). The van der Waals surface area contributed by atoms with Crippen molar-refractivity contribution in [3.8, 4) is 0 Å². The fourth-order valence-corrected chi connectivity index (χ4v) is 5.23. The molecule has 1 heterocycles. The van der Waals surface area contributed by atoms with Crippen molar-refractivity contribution < 1.29 is 22.7 Å². The summed E-state index contributed by atoms with van der Waals surface area (Å²) in [5.74, 6) is -1.12. The summed E-state index contributed by atoms with van der Waals surface area (Å²) in [7, 11) is -3.59. The van der Waals surface area contributed by atoms with Crippen molar-refractivity contribution in [3.05, 3.63) is 59.2 Å². The molecule has 8 heteroatoms. The molecule has 0 saturated carbocycles. The average molecular weight is 459 g/mol. The van der Waals surface area contributed by atoms with E-state index in [0.717, 1.165) is 36.8 Å². The number of carbonyl (C=O) groups is 2. The first-order valence-electron chi connectivity index (χ1n) is 10.9. The molecule has 1 aliphatic rings. The highest BCUT2D eigenvalue weighted by atomic mass is 32.2. The zero-order chi connectivity index (χ0) is 23.3. The minimum Gasteiger partial charge on any atom is -0.449 e. The van der Waals surface area contributed by atoms with Crippen LogP contribution >= 0.6 is 0 Å². The van der Waals surface area contributed by atoms with Gasteiger partial charge in [0.05, 0.1) is 10.5 Å². The van der Waals surface area contributed by atoms with Crippen molar-refractivity contribution in [2.24, 2.45) is 0 Å². The SMILES string of the molecule is Cc1cccc(C)c1NC(=O)C(C)OC(=O)c1ccc(S(=O)(=O)N2CCCCCC2)cc1. The molecule has 1 N–H and O–H groups in total. The number of esters is 1. The number of nitrogens with one attached hydrogen (secondary N) is 1. The molecule has 2 aromatic rings. The second kappa shape index (κ2) is 10.3. The molecule has 1 amide bonds. The number of nitrogens with zero attached hydrogens (tertiary/aromatic N) is 1. The zero-order valence-electron chi connectivity index (χ0n) is 18.8. The normalized spacial score (nSPS) is 16.1. The second-order valence-corrected chi connectivity index (χ2v) is 10.1. The van der Waals surface area contributed by atoms with Crippen LogP contribution in [0.3, 0.4) is 0 Å². The van der Waals surface area contributed by atoms with Gasteiger partial charge in [-0.15, -0.1) is 0 Å². The number of sulfonamides is 1. The number of carbonyl (C=O) groups excluding carboxylic acids is 2. The average Bonchev–Trinajstić information content (AvgIpc) is 3.06. The molecule has 0 aromatic heterocycles. The predicted molar refractivity (Wildman–Crippen MR) is 123 cm³/mol. The molecule has 1 saturated heterocycles. The van der Waals surface area contributed by atoms with Crippen LogP contribution in [-0.2, 0) is 19.6 Å². The molecule has 0 radical (unpaired) electrons. The third-order valence-electron chi connectivity index (χ3n) is 5.68. The van der Waals surface area contributed by atoms with Crippen molar-refractivity contribution in [2.45, 2.75) is 57.5 Å². The lowest BCUT2D eigenvalue weighted by Gasteiger charge is -2.20. The van der Waals surface area contributed by atoms with Crippen molar-refractivity contribution in [2.75, 3.05) is 18.4 Å². The lowest BCUT2D eigenvalue weighted by atomic mass is 10.1. The van der Waals surface area contributed by atoms with E-state index in [9.17, 15) is 18.0 Å². The number of ether oxygens (including phenoxy) is 1. The van der Waals surface area contributed by atoms with E-state index in [4.69, 9.17) is 4.74 Å². The first kappa shape index (κ1) is 23.9. The Labute approximate surface area is 189 Å². The van der Waals surface area contributed by atoms with Crippen LogP contribution in [0.5, 0.6) is 0 Å². The molecule has 0 aliphatic carbocycles. The Morgan fingerprint density at radius 1 is 0.938 bits per heavy atom. The van der Waals surface area contributed by atoms with Crippen LogP contribution in [0.2, 0.25) is 0 Å². The van der Waals surface area contributed by atoms with E-state index < -0.39 is 28.0 Å². The van der Waals surface area contributed by atoms with E-state index in [-0.39, 0.29) is 10.5 Å². The molecular formula is C24H30N2O5S. The van der Waals surface area contributed by atoms with Gasteiger partial charge in [0, 0.05) is 18.8 Å². The van der Waals surface area contributed by atoms with Gasteiger partial charge in [-0.2, -0.15) is 4.31 Å². The number of amides is 1. The molecule has 1 atom stereocenters. The second-order valence-electron chi connectivity index (χ2n) is 8.15. The molecule has 1 unspecified atom stereocenters. The van der Waals surface area contributed by atoms with Gasteiger partial charge in [0.2, 0.25) is 10.0 Å². The van der Waals surface area contributed by atoms with Crippen LogP contribution in [0.4, 0.5) is 5.69 Å². The fraction of sp³-hybridized carbons (Fsp3) is 0.417. The molecule has 172 valence electrons. The number of para-hydroxylation sites is 1.